The van der Waals surface area contributed by atoms with Crippen molar-refractivity contribution in [3.63, 3.8) is 0 Å². The van der Waals surface area contributed by atoms with Crippen LogP contribution in [0, 0.1) is 0 Å². The average molecular weight is 730 g/mol. The number of anilines is 2. The summed E-state index contributed by atoms with van der Waals surface area (Å²) in [6.45, 7) is 0. The van der Waals surface area contributed by atoms with Gasteiger partial charge in [0.15, 0.2) is 0 Å². The van der Waals surface area contributed by atoms with E-state index in [1.54, 1.807) is 0 Å². The van der Waals surface area contributed by atoms with Gasteiger partial charge in [0, 0.05) is 38.7 Å². The zero-order valence-electron chi connectivity index (χ0n) is 31.1. The first kappa shape index (κ1) is 31.9. The van der Waals surface area contributed by atoms with Crippen molar-refractivity contribution >= 4 is 93.1 Å². The summed E-state index contributed by atoms with van der Waals surface area (Å²) < 4.78 is 13.3. The first-order valence-corrected chi connectivity index (χ1v) is 19.7. The zero-order chi connectivity index (χ0) is 37.5. The largest absolute Gasteiger partial charge is 0.456 e. The van der Waals surface area contributed by atoms with Gasteiger partial charge in [-0.05, 0) is 98.8 Å². The summed E-state index contributed by atoms with van der Waals surface area (Å²) in [5, 5.41) is 11.9. The first-order valence-electron chi connectivity index (χ1n) is 19.7. The number of benzene rings is 9. The highest BCUT2D eigenvalue weighted by Gasteiger charge is 2.26. The Labute approximate surface area is 329 Å². The van der Waals surface area contributed by atoms with Crippen molar-refractivity contribution < 1.29 is 8.83 Å². The predicted octanol–water partition coefficient (Wildman–Crippen LogP) is 15.5. The molecule has 0 atom stereocenters. The molecule has 0 unspecified atom stereocenters. The summed E-state index contributed by atoms with van der Waals surface area (Å²) in [6, 6.07) is 63.3. The molecule has 1 aliphatic carbocycles. The Balaban J connectivity index is 1.08. The molecule has 0 fully saturated rings. The molecule has 57 heavy (non-hydrogen) atoms. The van der Waals surface area contributed by atoms with Gasteiger partial charge in [0.2, 0.25) is 0 Å². The SMILES string of the molecule is C1=CC(c2cccc3c2oc2cc4ccccc4cc23)=C(N(c2ccc(-c3cccc4c3ccc3ccccc34)cc2)c2cccc3oc4ccccc4c23)CC1. The highest BCUT2D eigenvalue weighted by molar-refractivity contribution is 6.16. The van der Waals surface area contributed by atoms with Crippen molar-refractivity contribution in [2.24, 2.45) is 0 Å². The quantitative estimate of drug-likeness (QED) is 0.165. The number of allylic oxidation sites excluding steroid dienone is 4. The molecule has 0 saturated carbocycles. The fourth-order valence-electron chi connectivity index (χ4n) is 9.29. The van der Waals surface area contributed by atoms with Crippen molar-refractivity contribution in [1.82, 2.24) is 0 Å². The second-order valence-electron chi connectivity index (χ2n) is 15.1. The number of hydrogen-bond donors (Lipinski definition) is 0. The van der Waals surface area contributed by atoms with Gasteiger partial charge in [0.05, 0.1) is 11.1 Å². The maximum Gasteiger partial charge on any atom is 0.143 e. The summed E-state index contributed by atoms with van der Waals surface area (Å²) >= 11 is 0. The smallest absolute Gasteiger partial charge is 0.143 e. The van der Waals surface area contributed by atoms with Gasteiger partial charge in [0.1, 0.15) is 22.3 Å². The van der Waals surface area contributed by atoms with E-state index in [2.05, 4.69) is 187 Å². The molecule has 2 heterocycles. The van der Waals surface area contributed by atoms with E-state index in [0.29, 0.717) is 0 Å². The third-order valence-electron chi connectivity index (χ3n) is 11.9. The van der Waals surface area contributed by atoms with Crippen LogP contribution in [-0.4, -0.2) is 0 Å². The summed E-state index contributed by atoms with van der Waals surface area (Å²) in [7, 11) is 0. The van der Waals surface area contributed by atoms with Crippen LogP contribution in [0.5, 0.6) is 0 Å². The first-order chi connectivity index (χ1) is 28.3. The van der Waals surface area contributed by atoms with E-state index >= 15 is 0 Å². The lowest BCUT2D eigenvalue weighted by Gasteiger charge is -2.32. The lowest BCUT2D eigenvalue weighted by atomic mass is 9.92. The normalized spacial score (nSPS) is 13.3. The Morgan fingerprint density at radius 1 is 0.439 bits per heavy atom. The fraction of sp³-hybridized carbons (Fsp3) is 0.0370. The number of furan rings is 2. The molecule has 0 amide bonds. The van der Waals surface area contributed by atoms with Crippen LogP contribution in [0.2, 0.25) is 0 Å². The number of nitrogens with zero attached hydrogens (tertiary/aromatic N) is 1. The molecular formula is C54H35NO2. The molecule has 268 valence electrons. The Kier molecular flexibility index (Phi) is 7.05. The molecule has 0 N–H and O–H groups in total. The molecule has 2 aromatic heterocycles. The molecule has 0 radical (unpaired) electrons. The van der Waals surface area contributed by atoms with E-state index in [-0.39, 0.29) is 0 Å². The van der Waals surface area contributed by atoms with Gasteiger partial charge in [-0.3, -0.25) is 0 Å². The predicted molar refractivity (Wildman–Crippen MR) is 239 cm³/mol. The standard InChI is InChI=1S/C54H35NO2/c1-2-14-37-33-52-47(32-36(37)13-1)45-21-10-20-44(54(45)57-52)43-16-5-7-22-48(43)55(49-23-11-25-51-53(49)46-17-6-8-24-50(46)56-51)38-29-26-35(27-30-38)40-18-9-19-41-39-15-4-3-12-34(39)28-31-42(40)41/h1-6,8-21,23-33H,7,22H2. The lowest BCUT2D eigenvalue weighted by molar-refractivity contribution is 0.668. The second kappa shape index (κ2) is 12.6. The third kappa shape index (κ3) is 4.99. The van der Waals surface area contributed by atoms with Crippen molar-refractivity contribution in [1.29, 1.82) is 0 Å². The Bertz CT molecular complexity index is 3470. The van der Waals surface area contributed by atoms with E-state index in [1.807, 2.05) is 6.07 Å². The maximum atomic E-state index is 6.82. The van der Waals surface area contributed by atoms with Crippen LogP contribution >= 0.6 is 0 Å². The zero-order valence-corrected chi connectivity index (χ0v) is 31.1. The monoisotopic (exact) mass is 729 g/mol. The van der Waals surface area contributed by atoms with Gasteiger partial charge in [-0.1, -0.05) is 146 Å². The van der Waals surface area contributed by atoms with Gasteiger partial charge in [-0.15, -0.1) is 0 Å². The average Bonchev–Trinajstić information content (AvgIpc) is 3.84. The van der Waals surface area contributed by atoms with Crippen LogP contribution in [0.4, 0.5) is 11.4 Å². The maximum absolute atomic E-state index is 6.82. The fourth-order valence-corrected chi connectivity index (χ4v) is 9.29. The van der Waals surface area contributed by atoms with Crippen molar-refractivity contribution in [2.75, 3.05) is 4.90 Å². The lowest BCUT2D eigenvalue weighted by Crippen LogP contribution is -2.19. The van der Waals surface area contributed by atoms with Crippen molar-refractivity contribution in [3.8, 4) is 11.1 Å². The van der Waals surface area contributed by atoms with Crippen LogP contribution in [0.15, 0.2) is 203 Å². The number of hydrogen-bond acceptors (Lipinski definition) is 3. The number of fused-ring (bicyclic) bond motifs is 10. The van der Waals surface area contributed by atoms with E-state index in [4.69, 9.17) is 8.83 Å². The van der Waals surface area contributed by atoms with Gasteiger partial charge >= 0.3 is 0 Å². The highest BCUT2D eigenvalue weighted by atomic mass is 16.3. The second-order valence-corrected chi connectivity index (χ2v) is 15.1. The highest BCUT2D eigenvalue weighted by Crippen LogP contribution is 2.46. The molecule has 0 spiro atoms. The molecule has 12 rings (SSSR count). The molecule has 0 saturated heterocycles. The molecular weight excluding hydrogens is 695 g/mol. The van der Waals surface area contributed by atoms with Crippen LogP contribution in [0.1, 0.15) is 18.4 Å². The van der Waals surface area contributed by atoms with Gasteiger partial charge in [-0.2, -0.15) is 0 Å². The molecule has 3 nitrogen and oxygen atoms in total. The van der Waals surface area contributed by atoms with Gasteiger partial charge < -0.3 is 13.7 Å². The van der Waals surface area contributed by atoms with E-state index in [1.165, 1.54) is 49.1 Å². The molecule has 0 bridgehead atoms. The van der Waals surface area contributed by atoms with Crippen LogP contribution in [0.3, 0.4) is 0 Å². The molecule has 3 heteroatoms. The van der Waals surface area contributed by atoms with Crippen LogP contribution < -0.4 is 4.90 Å². The Morgan fingerprint density at radius 2 is 1.14 bits per heavy atom. The van der Waals surface area contributed by atoms with E-state index in [0.717, 1.165) is 79.2 Å². The summed E-state index contributed by atoms with van der Waals surface area (Å²) in [5.41, 5.74) is 11.6. The minimum absolute atomic E-state index is 0.858. The number of rotatable bonds is 5. The number of para-hydroxylation sites is 2. The Morgan fingerprint density at radius 3 is 2.02 bits per heavy atom. The summed E-state index contributed by atoms with van der Waals surface area (Å²) in [5.74, 6) is 0. The van der Waals surface area contributed by atoms with Crippen molar-refractivity contribution in [2.45, 2.75) is 12.8 Å². The van der Waals surface area contributed by atoms with E-state index in [9.17, 15) is 0 Å². The minimum Gasteiger partial charge on any atom is -0.456 e. The topological polar surface area (TPSA) is 29.5 Å². The summed E-state index contributed by atoms with van der Waals surface area (Å²) in [6.07, 6.45) is 6.39. The minimum atomic E-state index is 0.858. The molecule has 11 aromatic rings. The van der Waals surface area contributed by atoms with Crippen LogP contribution in [-0.2, 0) is 0 Å². The van der Waals surface area contributed by atoms with Gasteiger partial charge in [-0.25, -0.2) is 0 Å². The van der Waals surface area contributed by atoms with E-state index < -0.39 is 0 Å². The molecule has 9 aromatic carbocycles. The Hall–Kier alpha value is -7.36. The third-order valence-corrected chi connectivity index (χ3v) is 11.9. The molecule has 0 aliphatic heterocycles. The summed E-state index contributed by atoms with van der Waals surface area (Å²) in [4.78, 5) is 2.47. The van der Waals surface area contributed by atoms with Crippen molar-refractivity contribution in [3.05, 3.63) is 199 Å². The van der Waals surface area contributed by atoms with Gasteiger partial charge in [0.25, 0.3) is 0 Å². The molecule has 1 aliphatic rings. The van der Waals surface area contributed by atoms with Crippen LogP contribution in [0.25, 0.3) is 92.9 Å².